The lowest BCUT2D eigenvalue weighted by molar-refractivity contribution is 0.193. The first-order chi connectivity index (χ1) is 12.9. The first-order valence-electron chi connectivity index (χ1n) is 8.99. The van der Waals surface area contributed by atoms with E-state index in [-0.39, 0.29) is 17.9 Å². The fraction of sp³-hybridized carbons (Fsp3) is 0.350. The van der Waals surface area contributed by atoms with Crippen LogP contribution in [0, 0.1) is 12.7 Å². The second-order valence-corrected chi connectivity index (χ2v) is 6.76. The minimum Gasteiger partial charge on any atom is -0.342 e. The first-order valence-corrected chi connectivity index (χ1v) is 8.99. The highest BCUT2D eigenvalue weighted by atomic mass is 19.1. The fourth-order valence-corrected chi connectivity index (χ4v) is 2.91. The number of benzene rings is 1. The van der Waals surface area contributed by atoms with Crippen molar-refractivity contribution in [3.63, 3.8) is 0 Å². The molecule has 1 aromatic carbocycles. The zero-order chi connectivity index (χ0) is 19.4. The summed E-state index contributed by atoms with van der Waals surface area (Å²) in [7, 11) is 1.78. The van der Waals surface area contributed by atoms with Crippen molar-refractivity contribution in [3.05, 3.63) is 59.4 Å². The minimum atomic E-state index is -0.301. The summed E-state index contributed by atoms with van der Waals surface area (Å²) in [6.07, 6.45) is 3.02. The Bertz CT molecular complexity index is 939. The van der Waals surface area contributed by atoms with Gasteiger partial charge >= 0.3 is 6.03 Å². The van der Waals surface area contributed by atoms with Gasteiger partial charge in [-0.1, -0.05) is 6.07 Å². The van der Waals surface area contributed by atoms with Crippen molar-refractivity contribution in [1.82, 2.24) is 25.2 Å². The quantitative estimate of drug-likeness (QED) is 0.701. The number of nitrogens with one attached hydrogen (secondary N) is 2. The smallest absolute Gasteiger partial charge is 0.317 e. The van der Waals surface area contributed by atoms with Gasteiger partial charge in [-0.15, -0.1) is 0 Å². The number of urea groups is 1. The number of H-pyrrole nitrogens is 1. The van der Waals surface area contributed by atoms with Crippen LogP contribution in [0.3, 0.4) is 0 Å². The van der Waals surface area contributed by atoms with Crippen molar-refractivity contribution in [3.8, 4) is 0 Å². The fourth-order valence-electron chi connectivity index (χ4n) is 2.91. The monoisotopic (exact) mass is 369 g/mol. The molecule has 0 spiro atoms. The number of amides is 2. The van der Waals surface area contributed by atoms with Crippen molar-refractivity contribution < 1.29 is 9.18 Å². The molecule has 0 saturated heterocycles. The van der Waals surface area contributed by atoms with Crippen molar-refractivity contribution in [1.29, 1.82) is 0 Å². The predicted octanol–water partition coefficient (Wildman–Crippen LogP) is 3.22. The molecule has 7 heteroatoms. The minimum absolute atomic E-state index is 0.0211. The van der Waals surface area contributed by atoms with Crippen molar-refractivity contribution in [2.45, 2.75) is 32.7 Å². The highest BCUT2D eigenvalue weighted by Gasteiger charge is 2.17. The standard InChI is InChI=1S/C20H24FN5O/c1-13-5-4-9-22-17(13)11-14(2)26(3)20(27)23-10-8-19-24-16-7-6-15(21)12-18(16)25-19/h4-7,9,12,14H,8,10-11H2,1-3H3,(H,23,27)(H,24,25). The topological polar surface area (TPSA) is 73.9 Å². The molecular formula is C20H24FN5O. The number of carbonyl (C=O) groups excluding carboxylic acids is 1. The lowest BCUT2D eigenvalue weighted by Crippen LogP contribution is -2.44. The molecule has 6 nitrogen and oxygen atoms in total. The number of fused-ring (bicyclic) bond motifs is 1. The molecule has 2 heterocycles. The Balaban J connectivity index is 1.51. The summed E-state index contributed by atoms with van der Waals surface area (Å²) in [4.78, 5) is 25.9. The van der Waals surface area contributed by atoms with Crippen LogP contribution in [0.1, 0.15) is 24.0 Å². The normalized spacial score (nSPS) is 12.1. The van der Waals surface area contributed by atoms with E-state index in [4.69, 9.17) is 0 Å². The summed E-state index contributed by atoms with van der Waals surface area (Å²) in [5.74, 6) is 0.417. The Morgan fingerprint density at radius 1 is 1.37 bits per heavy atom. The third-order valence-corrected chi connectivity index (χ3v) is 4.72. The maximum atomic E-state index is 13.2. The Kier molecular flexibility index (Phi) is 5.69. The summed E-state index contributed by atoms with van der Waals surface area (Å²) in [5, 5.41) is 2.90. The Morgan fingerprint density at radius 2 is 2.19 bits per heavy atom. The van der Waals surface area contributed by atoms with Crippen LogP contribution in [0.2, 0.25) is 0 Å². The predicted molar refractivity (Wildman–Crippen MR) is 103 cm³/mol. The molecule has 2 aromatic heterocycles. The number of aromatic nitrogens is 3. The molecule has 27 heavy (non-hydrogen) atoms. The second kappa shape index (κ2) is 8.16. The lowest BCUT2D eigenvalue weighted by Gasteiger charge is -2.25. The number of likely N-dealkylation sites (N-methyl/N-ethyl adjacent to an activating group) is 1. The highest BCUT2D eigenvalue weighted by Crippen LogP contribution is 2.13. The summed E-state index contributed by atoms with van der Waals surface area (Å²) >= 11 is 0. The third-order valence-electron chi connectivity index (χ3n) is 4.72. The Labute approximate surface area is 157 Å². The van der Waals surface area contributed by atoms with Gasteiger partial charge in [0.2, 0.25) is 0 Å². The lowest BCUT2D eigenvalue weighted by atomic mass is 10.1. The summed E-state index contributed by atoms with van der Waals surface area (Å²) < 4.78 is 13.2. The molecule has 0 saturated carbocycles. The van der Waals surface area contributed by atoms with E-state index < -0.39 is 0 Å². The van der Waals surface area contributed by atoms with Gasteiger partial charge < -0.3 is 15.2 Å². The van der Waals surface area contributed by atoms with Gasteiger partial charge in [-0.3, -0.25) is 4.98 Å². The number of hydrogen-bond donors (Lipinski definition) is 2. The molecule has 2 amide bonds. The van der Waals surface area contributed by atoms with E-state index in [1.54, 1.807) is 24.2 Å². The molecule has 3 rings (SSSR count). The van der Waals surface area contributed by atoms with Crippen LogP contribution in [0.15, 0.2) is 36.5 Å². The molecule has 0 bridgehead atoms. The van der Waals surface area contributed by atoms with E-state index >= 15 is 0 Å². The number of aryl methyl sites for hydroxylation is 1. The van der Waals surface area contributed by atoms with E-state index in [0.29, 0.717) is 30.4 Å². The molecule has 0 radical (unpaired) electrons. The average molecular weight is 369 g/mol. The van der Waals surface area contributed by atoms with E-state index in [9.17, 15) is 9.18 Å². The van der Waals surface area contributed by atoms with Crippen LogP contribution in [-0.2, 0) is 12.8 Å². The van der Waals surface area contributed by atoms with E-state index in [2.05, 4.69) is 20.3 Å². The zero-order valence-electron chi connectivity index (χ0n) is 15.8. The van der Waals surface area contributed by atoms with Crippen LogP contribution in [0.4, 0.5) is 9.18 Å². The Hall–Kier alpha value is -2.96. The highest BCUT2D eigenvalue weighted by molar-refractivity contribution is 5.75. The summed E-state index contributed by atoms with van der Waals surface area (Å²) in [5.41, 5.74) is 3.50. The first kappa shape index (κ1) is 18.8. The van der Waals surface area contributed by atoms with Gasteiger partial charge in [0, 0.05) is 44.4 Å². The summed E-state index contributed by atoms with van der Waals surface area (Å²) in [6, 6.07) is 8.25. The number of hydrogen-bond acceptors (Lipinski definition) is 3. The zero-order valence-corrected chi connectivity index (χ0v) is 15.8. The molecule has 1 atom stereocenters. The molecular weight excluding hydrogens is 345 g/mol. The van der Waals surface area contributed by atoms with Gasteiger partial charge in [0.25, 0.3) is 0 Å². The van der Waals surface area contributed by atoms with Crippen LogP contribution in [0.5, 0.6) is 0 Å². The second-order valence-electron chi connectivity index (χ2n) is 6.76. The van der Waals surface area contributed by atoms with Gasteiger partial charge in [-0.2, -0.15) is 0 Å². The van der Waals surface area contributed by atoms with Crippen molar-refractivity contribution in [2.24, 2.45) is 0 Å². The number of rotatable bonds is 6. The number of halogens is 1. The molecule has 0 fully saturated rings. The number of imidazole rings is 1. The van der Waals surface area contributed by atoms with Crippen LogP contribution < -0.4 is 5.32 Å². The van der Waals surface area contributed by atoms with Gasteiger partial charge in [0.1, 0.15) is 11.6 Å². The largest absolute Gasteiger partial charge is 0.342 e. The number of aromatic amines is 1. The van der Waals surface area contributed by atoms with Crippen LogP contribution >= 0.6 is 0 Å². The molecule has 0 aliphatic rings. The van der Waals surface area contributed by atoms with Crippen molar-refractivity contribution >= 4 is 17.1 Å². The average Bonchev–Trinajstić information content (AvgIpc) is 3.04. The van der Waals surface area contributed by atoms with Gasteiger partial charge in [0.05, 0.1) is 11.0 Å². The molecule has 2 N–H and O–H groups in total. The van der Waals surface area contributed by atoms with E-state index in [0.717, 1.165) is 17.1 Å². The molecule has 0 aliphatic carbocycles. The van der Waals surface area contributed by atoms with Crippen LogP contribution in [-0.4, -0.2) is 45.5 Å². The summed E-state index contributed by atoms with van der Waals surface area (Å²) in [6.45, 7) is 4.47. The Morgan fingerprint density at radius 3 is 2.96 bits per heavy atom. The molecule has 1 unspecified atom stereocenters. The third kappa shape index (κ3) is 4.61. The maximum Gasteiger partial charge on any atom is 0.317 e. The van der Waals surface area contributed by atoms with E-state index in [1.165, 1.54) is 12.1 Å². The van der Waals surface area contributed by atoms with Crippen LogP contribution in [0.25, 0.3) is 11.0 Å². The molecule has 0 aliphatic heterocycles. The number of pyridine rings is 1. The molecule has 3 aromatic rings. The number of carbonyl (C=O) groups is 1. The number of nitrogens with zero attached hydrogens (tertiary/aromatic N) is 3. The maximum absolute atomic E-state index is 13.2. The van der Waals surface area contributed by atoms with E-state index in [1.807, 2.05) is 26.0 Å². The van der Waals surface area contributed by atoms with Gasteiger partial charge in [0.15, 0.2) is 0 Å². The van der Waals surface area contributed by atoms with Gasteiger partial charge in [-0.05, 0) is 43.7 Å². The molecule has 142 valence electrons. The van der Waals surface area contributed by atoms with Crippen molar-refractivity contribution in [2.75, 3.05) is 13.6 Å². The SMILES string of the molecule is Cc1cccnc1CC(C)N(C)C(=O)NCCc1nc2ccc(F)cc2[nH]1. The van der Waals surface area contributed by atoms with Gasteiger partial charge in [-0.25, -0.2) is 14.2 Å².